The average molecular weight is 390 g/mol. The number of nitrogens with zero attached hydrogens (tertiary/aromatic N) is 3. The Labute approximate surface area is 166 Å². The highest BCUT2D eigenvalue weighted by atomic mass is 32.1. The van der Waals surface area contributed by atoms with E-state index in [1.165, 1.54) is 11.3 Å². The normalized spacial score (nSPS) is 11.9. The van der Waals surface area contributed by atoms with Crippen molar-refractivity contribution in [3.05, 3.63) is 89.6 Å². The highest BCUT2D eigenvalue weighted by Gasteiger charge is 2.20. The zero-order chi connectivity index (χ0) is 19.2. The van der Waals surface area contributed by atoms with Crippen molar-refractivity contribution in [3.8, 4) is 10.8 Å². The Hall–Kier alpha value is -3.32. The first-order valence-corrected chi connectivity index (χ1v) is 9.74. The summed E-state index contributed by atoms with van der Waals surface area (Å²) < 4.78 is 5.56. The molecule has 7 heteroatoms. The van der Waals surface area contributed by atoms with E-state index in [2.05, 4.69) is 20.3 Å². The number of carbonyl (C=O) groups excluding carboxylic acids is 1. The van der Waals surface area contributed by atoms with Crippen LogP contribution in [0, 0.1) is 0 Å². The summed E-state index contributed by atoms with van der Waals surface area (Å²) in [5.74, 6) is 1.18. The van der Waals surface area contributed by atoms with E-state index in [1.54, 1.807) is 24.7 Å². The van der Waals surface area contributed by atoms with Crippen molar-refractivity contribution < 1.29 is 9.21 Å². The smallest absolute Gasteiger partial charge is 0.221 e. The molecule has 0 aliphatic rings. The molecule has 0 saturated carbocycles. The third-order valence-electron chi connectivity index (χ3n) is 4.25. The molecule has 1 unspecified atom stereocenters. The van der Waals surface area contributed by atoms with Gasteiger partial charge in [-0.2, -0.15) is 0 Å². The van der Waals surface area contributed by atoms with E-state index >= 15 is 0 Å². The van der Waals surface area contributed by atoms with Crippen molar-refractivity contribution >= 4 is 17.2 Å². The number of thiazole rings is 1. The van der Waals surface area contributed by atoms with Gasteiger partial charge in [0.25, 0.3) is 0 Å². The number of nitrogens with one attached hydrogen (secondary N) is 1. The number of furan rings is 1. The summed E-state index contributed by atoms with van der Waals surface area (Å²) in [5, 5.41) is 5.60. The van der Waals surface area contributed by atoms with Gasteiger partial charge in [-0.1, -0.05) is 30.3 Å². The lowest BCUT2D eigenvalue weighted by atomic mass is 9.93. The van der Waals surface area contributed by atoms with Gasteiger partial charge in [-0.25, -0.2) is 15.0 Å². The molecule has 28 heavy (non-hydrogen) atoms. The number of hydrogen-bond acceptors (Lipinski definition) is 6. The van der Waals surface area contributed by atoms with Crippen molar-refractivity contribution in [1.29, 1.82) is 0 Å². The Morgan fingerprint density at radius 1 is 1.07 bits per heavy atom. The first-order valence-electron chi connectivity index (χ1n) is 8.86. The molecule has 3 heterocycles. The summed E-state index contributed by atoms with van der Waals surface area (Å²) in [6.45, 7) is 0.363. The van der Waals surface area contributed by atoms with Crippen LogP contribution in [0.3, 0.4) is 0 Å². The van der Waals surface area contributed by atoms with Crippen LogP contribution in [0.2, 0.25) is 0 Å². The van der Waals surface area contributed by atoms with Gasteiger partial charge in [0, 0.05) is 24.2 Å². The molecule has 1 amide bonds. The van der Waals surface area contributed by atoms with Crippen LogP contribution < -0.4 is 5.32 Å². The molecule has 1 aromatic carbocycles. The maximum Gasteiger partial charge on any atom is 0.221 e. The molecule has 0 saturated heterocycles. The second-order valence-electron chi connectivity index (χ2n) is 6.18. The van der Waals surface area contributed by atoms with E-state index in [4.69, 9.17) is 4.42 Å². The molecule has 1 atom stereocenters. The molecular formula is C21H18N4O2S. The van der Waals surface area contributed by atoms with E-state index in [0.29, 0.717) is 18.8 Å². The van der Waals surface area contributed by atoms with Crippen LogP contribution in [0.1, 0.15) is 29.4 Å². The molecule has 0 bridgehead atoms. The number of hydrogen-bond donors (Lipinski definition) is 1. The van der Waals surface area contributed by atoms with Crippen molar-refractivity contribution in [2.75, 3.05) is 0 Å². The van der Waals surface area contributed by atoms with Gasteiger partial charge < -0.3 is 9.73 Å². The minimum absolute atomic E-state index is 0.0595. The molecule has 4 aromatic rings. The van der Waals surface area contributed by atoms with E-state index in [9.17, 15) is 4.79 Å². The first kappa shape index (κ1) is 18.1. The summed E-state index contributed by atoms with van der Waals surface area (Å²) in [5.41, 5.74) is 1.83. The largest absolute Gasteiger partial charge is 0.469 e. The lowest BCUT2D eigenvalue weighted by Crippen LogP contribution is -2.25. The van der Waals surface area contributed by atoms with Crippen LogP contribution in [0.5, 0.6) is 0 Å². The van der Waals surface area contributed by atoms with Gasteiger partial charge in [0.1, 0.15) is 5.76 Å². The zero-order valence-electron chi connectivity index (χ0n) is 15.0. The van der Waals surface area contributed by atoms with Crippen LogP contribution in [0.4, 0.5) is 0 Å². The van der Waals surface area contributed by atoms with E-state index in [1.807, 2.05) is 47.8 Å². The van der Waals surface area contributed by atoms with Crippen LogP contribution in [0.15, 0.2) is 77.0 Å². The van der Waals surface area contributed by atoms with Gasteiger partial charge in [0.2, 0.25) is 5.91 Å². The van der Waals surface area contributed by atoms with E-state index < -0.39 is 0 Å². The lowest BCUT2D eigenvalue weighted by Gasteiger charge is -2.14. The van der Waals surface area contributed by atoms with Gasteiger partial charge in [-0.3, -0.25) is 4.79 Å². The first-order chi connectivity index (χ1) is 13.8. The second kappa shape index (κ2) is 8.58. The maximum absolute atomic E-state index is 12.6. The summed E-state index contributed by atoms with van der Waals surface area (Å²) in [6, 6.07) is 15.4. The molecule has 3 aromatic heterocycles. The lowest BCUT2D eigenvalue weighted by molar-refractivity contribution is -0.121. The predicted octanol–water partition coefficient (Wildman–Crippen LogP) is 4.03. The van der Waals surface area contributed by atoms with Crippen LogP contribution in [0.25, 0.3) is 10.8 Å². The minimum atomic E-state index is -0.125. The second-order valence-corrected chi connectivity index (χ2v) is 7.03. The van der Waals surface area contributed by atoms with Crippen molar-refractivity contribution in [2.45, 2.75) is 18.9 Å². The topological polar surface area (TPSA) is 80.9 Å². The zero-order valence-corrected chi connectivity index (χ0v) is 15.8. The van der Waals surface area contributed by atoms with Gasteiger partial charge in [-0.15, -0.1) is 11.3 Å². The van der Waals surface area contributed by atoms with Gasteiger partial charge >= 0.3 is 0 Å². The summed E-state index contributed by atoms with van der Waals surface area (Å²) in [4.78, 5) is 25.5. The monoisotopic (exact) mass is 390 g/mol. The summed E-state index contributed by atoms with van der Waals surface area (Å²) >= 11 is 1.46. The quantitative estimate of drug-likeness (QED) is 0.515. The minimum Gasteiger partial charge on any atom is -0.469 e. The van der Waals surface area contributed by atoms with Crippen molar-refractivity contribution in [3.63, 3.8) is 0 Å². The number of aromatic nitrogens is 3. The fraction of sp³-hybridized carbons (Fsp3) is 0.143. The Balaban J connectivity index is 1.40. The van der Waals surface area contributed by atoms with Gasteiger partial charge in [0.05, 0.1) is 24.4 Å². The number of benzene rings is 1. The van der Waals surface area contributed by atoms with Crippen molar-refractivity contribution in [2.24, 2.45) is 0 Å². The third kappa shape index (κ3) is 4.32. The van der Waals surface area contributed by atoms with E-state index in [0.717, 1.165) is 22.0 Å². The maximum atomic E-state index is 12.6. The SMILES string of the molecule is O=C(CC(c1ccccc1)c1ccco1)NCc1csc(-c2ncccn2)n1. The van der Waals surface area contributed by atoms with Gasteiger partial charge in [-0.05, 0) is 23.8 Å². The van der Waals surface area contributed by atoms with Gasteiger partial charge in [0.15, 0.2) is 10.8 Å². The van der Waals surface area contributed by atoms with Crippen LogP contribution >= 0.6 is 11.3 Å². The summed E-state index contributed by atoms with van der Waals surface area (Å²) in [6.07, 6.45) is 5.30. The molecule has 0 aliphatic carbocycles. The molecule has 6 nitrogen and oxygen atoms in total. The fourth-order valence-electron chi connectivity index (χ4n) is 2.90. The highest BCUT2D eigenvalue weighted by Crippen LogP contribution is 2.28. The molecule has 0 fully saturated rings. The fourth-order valence-corrected chi connectivity index (χ4v) is 3.67. The molecule has 1 N–H and O–H groups in total. The molecule has 140 valence electrons. The van der Waals surface area contributed by atoms with Crippen LogP contribution in [-0.2, 0) is 11.3 Å². The molecular weight excluding hydrogens is 372 g/mol. The van der Waals surface area contributed by atoms with Crippen molar-refractivity contribution in [1.82, 2.24) is 20.3 Å². The Bertz CT molecular complexity index is 1020. The Morgan fingerprint density at radius 3 is 2.64 bits per heavy atom. The van der Waals surface area contributed by atoms with E-state index in [-0.39, 0.29) is 11.8 Å². The number of rotatable bonds is 7. The standard InChI is InChI=1S/C21H18N4O2S/c26-19(12-17(18-8-4-11-27-18)15-6-2-1-3-7-15)24-13-16-14-28-21(25-16)20-22-9-5-10-23-20/h1-11,14,17H,12-13H2,(H,24,26). The van der Waals surface area contributed by atoms with Crippen LogP contribution in [-0.4, -0.2) is 20.9 Å². The Morgan fingerprint density at radius 2 is 1.89 bits per heavy atom. The predicted molar refractivity (Wildman–Crippen MR) is 107 cm³/mol. The highest BCUT2D eigenvalue weighted by molar-refractivity contribution is 7.13. The Kier molecular flexibility index (Phi) is 5.53. The third-order valence-corrected chi connectivity index (χ3v) is 5.14. The molecule has 0 aliphatic heterocycles. The molecule has 4 rings (SSSR count). The number of amides is 1. The number of carbonyl (C=O) groups is 1. The molecule has 0 spiro atoms. The summed E-state index contributed by atoms with van der Waals surface area (Å²) in [7, 11) is 0. The molecule has 0 radical (unpaired) electrons. The average Bonchev–Trinajstić information content (AvgIpc) is 3.44.